The highest BCUT2D eigenvalue weighted by Crippen LogP contribution is 2.20. The number of amides is 1. The highest BCUT2D eigenvalue weighted by Gasteiger charge is 2.20. The summed E-state index contributed by atoms with van der Waals surface area (Å²) in [5.74, 6) is -0.00505. The zero-order valence-electron chi connectivity index (χ0n) is 52.7. The fourth-order valence-corrected chi connectivity index (χ4v) is 11.7. The van der Waals surface area contributed by atoms with E-state index in [0.717, 1.165) is 38.5 Å². The molecular weight excluding hydrogens is 947 g/mol. The monoisotopic (exact) mass is 1090 g/mol. The van der Waals surface area contributed by atoms with Crippen LogP contribution in [0.5, 0.6) is 0 Å². The van der Waals surface area contributed by atoms with E-state index in [1.807, 2.05) is 0 Å². The average Bonchev–Trinajstić information content (AvgIpc) is 3.43. The maximum atomic E-state index is 12.5. The molecule has 0 aliphatic carbocycles. The topological polar surface area (TPSA) is 95.9 Å². The minimum Gasteiger partial charge on any atom is -0.466 e. The predicted molar refractivity (Wildman–Crippen MR) is 338 cm³/mol. The molecule has 0 radical (unpaired) electrons. The third-order valence-corrected chi connectivity index (χ3v) is 17.2. The van der Waals surface area contributed by atoms with Crippen LogP contribution in [0, 0.1) is 0 Å². The number of carbonyl (C=O) groups excluding carboxylic acids is 2. The van der Waals surface area contributed by atoms with Gasteiger partial charge >= 0.3 is 5.97 Å². The van der Waals surface area contributed by atoms with Crippen LogP contribution in [0.15, 0.2) is 0 Å². The van der Waals surface area contributed by atoms with Gasteiger partial charge in [-0.25, -0.2) is 0 Å². The molecule has 0 heterocycles. The molecule has 3 N–H and O–H groups in total. The second kappa shape index (κ2) is 67.4. The van der Waals surface area contributed by atoms with Gasteiger partial charge in [-0.1, -0.05) is 380 Å². The van der Waals surface area contributed by atoms with Gasteiger partial charge in [0.2, 0.25) is 5.91 Å². The Morgan fingerprint density at radius 3 is 0.792 bits per heavy atom. The number of carbonyl (C=O) groups is 2. The maximum Gasteiger partial charge on any atom is 0.305 e. The smallest absolute Gasteiger partial charge is 0.305 e. The molecule has 0 fully saturated rings. The van der Waals surface area contributed by atoms with E-state index in [2.05, 4.69) is 19.2 Å². The second-order valence-electron chi connectivity index (χ2n) is 24.9. The fraction of sp³-hybridized carbons (Fsp3) is 0.972. The molecule has 6 nitrogen and oxygen atoms in total. The lowest BCUT2D eigenvalue weighted by Crippen LogP contribution is -2.45. The van der Waals surface area contributed by atoms with E-state index in [-0.39, 0.29) is 18.5 Å². The number of aliphatic hydroxyl groups excluding tert-OH is 2. The minimum atomic E-state index is -0.662. The van der Waals surface area contributed by atoms with E-state index in [1.54, 1.807) is 0 Å². The first-order valence-electron chi connectivity index (χ1n) is 35.8. The Hall–Kier alpha value is -1.14. The molecule has 0 spiro atoms. The van der Waals surface area contributed by atoms with Crippen LogP contribution >= 0.6 is 0 Å². The van der Waals surface area contributed by atoms with Crippen molar-refractivity contribution in [1.82, 2.24) is 5.32 Å². The zero-order valence-corrected chi connectivity index (χ0v) is 52.7. The van der Waals surface area contributed by atoms with Gasteiger partial charge in [0, 0.05) is 12.8 Å². The number of aliphatic hydroxyl groups is 2. The number of hydrogen-bond acceptors (Lipinski definition) is 5. The number of rotatable bonds is 68. The summed E-state index contributed by atoms with van der Waals surface area (Å²) < 4.78 is 5.50. The lowest BCUT2D eigenvalue weighted by molar-refractivity contribution is -0.143. The maximum absolute atomic E-state index is 12.5. The average molecular weight is 1090 g/mol. The molecule has 77 heavy (non-hydrogen) atoms. The van der Waals surface area contributed by atoms with Crippen LogP contribution in [0.3, 0.4) is 0 Å². The van der Waals surface area contributed by atoms with Gasteiger partial charge in [-0.15, -0.1) is 0 Å². The Bertz CT molecular complexity index is 1120. The standard InChI is InChI=1S/C71H141NO5/c1-3-5-7-9-11-13-15-17-19-20-32-36-39-43-47-51-55-59-63-69(74)68(67-73)72-70(75)64-60-56-52-48-44-40-37-33-30-28-26-24-22-21-23-25-27-29-31-34-38-42-46-50-54-58-62-66-77-71(76)65-61-57-53-49-45-41-35-18-16-14-12-10-8-6-4-2/h68-69,73-74H,3-67H2,1-2H3,(H,72,75). The molecule has 0 aromatic heterocycles. The Labute approximate surface area is 483 Å². The molecule has 1 amide bonds. The van der Waals surface area contributed by atoms with Crippen molar-refractivity contribution in [1.29, 1.82) is 0 Å². The molecule has 460 valence electrons. The first kappa shape index (κ1) is 75.9. The SMILES string of the molecule is CCCCCCCCCCCCCCCCCCCCC(O)C(CO)NC(=O)CCCCCCCCCCCCCCCCCCCCCCCCCCCCCOC(=O)CCCCCCCCCCCCCCCCC. The number of esters is 1. The van der Waals surface area contributed by atoms with Crippen LogP contribution in [0.25, 0.3) is 0 Å². The number of unbranched alkanes of at least 4 members (excludes halogenated alkanes) is 57. The molecule has 0 bridgehead atoms. The largest absolute Gasteiger partial charge is 0.466 e. The summed E-state index contributed by atoms with van der Waals surface area (Å²) in [6.45, 7) is 5.01. The van der Waals surface area contributed by atoms with E-state index in [9.17, 15) is 19.8 Å². The number of ether oxygens (including phenoxy) is 1. The summed E-state index contributed by atoms with van der Waals surface area (Å²) in [7, 11) is 0. The summed E-state index contributed by atoms with van der Waals surface area (Å²) in [5.41, 5.74) is 0. The van der Waals surface area contributed by atoms with Gasteiger partial charge in [0.15, 0.2) is 0 Å². The van der Waals surface area contributed by atoms with Crippen molar-refractivity contribution < 1.29 is 24.5 Å². The molecule has 6 heteroatoms. The minimum absolute atomic E-state index is 0.0223. The molecule has 0 aliphatic rings. The molecule has 0 aliphatic heterocycles. The van der Waals surface area contributed by atoms with Crippen molar-refractivity contribution in [3.05, 3.63) is 0 Å². The van der Waals surface area contributed by atoms with Gasteiger partial charge in [-0.3, -0.25) is 9.59 Å². The number of nitrogens with one attached hydrogen (secondary N) is 1. The fourth-order valence-electron chi connectivity index (χ4n) is 11.7. The van der Waals surface area contributed by atoms with Crippen molar-refractivity contribution in [2.24, 2.45) is 0 Å². The van der Waals surface area contributed by atoms with E-state index < -0.39 is 12.1 Å². The Balaban J connectivity index is 3.33. The highest BCUT2D eigenvalue weighted by atomic mass is 16.5. The molecule has 0 saturated carbocycles. The van der Waals surface area contributed by atoms with Crippen LogP contribution in [-0.4, -0.2) is 47.4 Å². The first-order valence-corrected chi connectivity index (χ1v) is 35.8. The second-order valence-corrected chi connectivity index (χ2v) is 24.9. The van der Waals surface area contributed by atoms with Gasteiger partial charge in [0.05, 0.1) is 25.4 Å². The summed E-state index contributed by atoms with van der Waals surface area (Å²) >= 11 is 0. The number of hydrogen-bond donors (Lipinski definition) is 3. The van der Waals surface area contributed by atoms with Crippen molar-refractivity contribution in [2.75, 3.05) is 13.2 Å². The van der Waals surface area contributed by atoms with Gasteiger partial charge in [0.25, 0.3) is 0 Å². The van der Waals surface area contributed by atoms with Crippen LogP contribution < -0.4 is 5.32 Å². The predicted octanol–water partition coefficient (Wildman–Crippen LogP) is 23.0. The van der Waals surface area contributed by atoms with Crippen molar-refractivity contribution in [3.63, 3.8) is 0 Å². The Morgan fingerprint density at radius 2 is 0.532 bits per heavy atom. The van der Waals surface area contributed by atoms with E-state index in [1.165, 1.54) is 347 Å². The van der Waals surface area contributed by atoms with Gasteiger partial charge in [-0.2, -0.15) is 0 Å². The van der Waals surface area contributed by atoms with Crippen molar-refractivity contribution >= 4 is 11.9 Å². The summed E-state index contributed by atoms with van der Waals surface area (Å²) in [6, 6.07) is -0.539. The van der Waals surface area contributed by atoms with Crippen molar-refractivity contribution in [3.8, 4) is 0 Å². The van der Waals surface area contributed by atoms with Crippen LogP contribution in [0.2, 0.25) is 0 Å². The van der Waals surface area contributed by atoms with Crippen molar-refractivity contribution in [2.45, 2.75) is 431 Å². The van der Waals surface area contributed by atoms with E-state index in [4.69, 9.17) is 4.74 Å². The van der Waals surface area contributed by atoms with Gasteiger partial charge in [0.1, 0.15) is 0 Å². The Kier molecular flexibility index (Phi) is 66.4. The lowest BCUT2D eigenvalue weighted by atomic mass is 10.0. The molecule has 0 rings (SSSR count). The quantitative estimate of drug-likeness (QED) is 0.0417. The van der Waals surface area contributed by atoms with Crippen LogP contribution in [-0.2, 0) is 14.3 Å². The third-order valence-electron chi connectivity index (χ3n) is 17.2. The Morgan fingerprint density at radius 1 is 0.312 bits per heavy atom. The van der Waals surface area contributed by atoms with E-state index >= 15 is 0 Å². The molecule has 0 aromatic rings. The van der Waals surface area contributed by atoms with Crippen LogP contribution in [0.4, 0.5) is 0 Å². The third kappa shape index (κ3) is 63.9. The summed E-state index contributed by atoms with van der Waals surface area (Å²) in [6.07, 6.45) is 81.5. The van der Waals surface area contributed by atoms with E-state index in [0.29, 0.717) is 25.9 Å². The summed E-state index contributed by atoms with van der Waals surface area (Å²) in [5, 5.41) is 23.4. The molecule has 0 saturated heterocycles. The molecule has 2 unspecified atom stereocenters. The molecule has 0 aromatic carbocycles. The van der Waals surface area contributed by atoms with Gasteiger partial charge < -0.3 is 20.3 Å². The molecular formula is C71H141NO5. The lowest BCUT2D eigenvalue weighted by Gasteiger charge is -2.22. The summed E-state index contributed by atoms with van der Waals surface area (Å²) in [4.78, 5) is 24.6. The normalized spacial score (nSPS) is 12.4. The molecule has 2 atom stereocenters. The van der Waals surface area contributed by atoms with Gasteiger partial charge in [-0.05, 0) is 25.7 Å². The zero-order chi connectivity index (χ0) is 55.7. The highest BCUT2D eigenvalue weighted by molar-refractivity contribution is 5.76. The van der Waals surface area contributed by atoms with Crippen LogP contribution in [0.1, 0.15) is 418 Å². The first-order chi connectivity index (χ1) is 38.0.